The minimum Gasteiger partial charge on any atom is -0.497 e. The highest BCUT2D eigenvalue weighted by Gasteiger charge is 2.20. The summed E-state index contributed by atoms with van der Waals surface area (Å²) in [5.41, 5.74) is 1.70. The first-order valence-corrected chi connectivity index (χ1v) is 10.3. The van der Waals surface area contributed by atoms with Gasteiger partial charge in [0.1, 0.15) is 17.3 Å². The Bertz CT molecular complexity index is 1200. The number of aromatic nitrogens is 1. The molecule has 0 aliphatic rings. The van der Waals surface area contributed by atoms with Crippen LogP contribution in [0, 0.1) is 5.82 Å². The molecule has 2 heterocycles. The molecule has 1 unspecified atom stereocenters. The number of thiophene rings is 1. The van der Waals surface area contributed by atoms with Crippen molar-refractivity contribution in [3.05, 3.63) is 88.0 Å². The summed E-state index contributed by atoms with van der Waals surface area (Å²) in [5, 5.41) is 5.57. The van der Waals surface area contributed by atoms with Crippen LogP contribution in [0.4, 0.5) is 4.39 Å². The van der Waals surface area contributed by atoms with Crippen LogP contribution in [-0.2, 0) is 9.53 Å². The third-order valence-electron chi connectivity index (χ3n) is 4.72. The Morgan fingerprint density at radius 2 is 1.94 bits per heavy atom. The van der Waals surface area contributed by atoms with E-state index in [2.05, 4.69) is 10.3 Å². The van der Waals surface area contributed by atoms with Crippen molar-refractivity contribution in [1.29, 1.82) is 0 Å². The average molecular weight is 438 g/mol. The van der Waals surface area contributed by atoms with Crippen LogP contribution in [0.2, 0.25) is 0 Å². The van der Waals surface area contributed by atoms with Crippen molar-refractivity contribution >= 4 is 34.1 Å². The Hall–Kier alpha value is -3.65. The fourth-order valence-corrected chi connectivity index (χ4v) is 3.99. The zero-order valence-corrected chi connectivity index (χ0v) is 17.4. The molecule has 0 spiro atoms. The van der Waals surface area contributed by atoms with Gasteiger partial charge in [0.2, 0.25) is 0 Å². The molecule has 4 rings (SSSR count). The van der Waals surface area contributed by atoms with Crippen LogP contribution in [0.3, 0.4) is 0 Å². The lowest BCUT2D eigenvalue weighted by molar-refractivity contribution is -0.124. The molecule has 2 N–H and O–H groups in total. The summed E-state index contributed by atoms with van der Waals surface area (Å²) in [7, 11) is 1.56. The van der Waals surface area contributed by atoms with Crippen molar-refractivity contribution in [3.63, 3.8) is 0 Å². The molecule has 0 saturated carbocycles. The van der Waals surface area contributed by atoms with Crippen molar-refractivity contribution in [2.45, 2.75) is 6.04 Å². The number of carbonyl (C=O) groups excluding carboxylic acids is 2. The second kappa shape index (κ2) is 9.01. The van der Waals surface area contributed by atoms with E-state index < -0.39 is 24.5 Å². The van der Waals surface area contributed by atoms with Gasteiger partial charge in [-0.25, -0.2) is 9.18 Å². The smallest absolute Gasteiger partial charge is 0.355 e. The Morgan fingerprint density at radius 3 is 2.65 bits per heavy atom. The molecule has 0 radical (unpaired) electrons. The van der Waals surface area contributed by atoms with Crippen molar-refractivity contribution < 1.29 is 23.5 Å². The fourth-order valence-electron chi connectivity index (χ4n) is 3.18. The molecule has 1 amide bonds. The van der Waals surface area contributed by atoms with Crippen molar-refractivity contribution in [3.8, 4) is 5.75 Å². The zero-order chi connectivity index (χ0) is 21.8. The topological polar surface area (TPSA) is 80.4 Å². The van der Waals surface area contributed by atoms with E-state index in [0.29, 0.717) is 5.75 Å². The molecule has 2 aromatic carbocycles. The lowest BCUT2D eigenvalue weighted by Gasteiger charge is -2.18. The van der Waals surface area contributed by atoms with Gasteiger partial charge < -0.3 is 19.8 Å². The van der Waals surface area contributed by atoms with Gasteiger partial charge in [0.05, 0.1) is 13.2 Å². The molecule has 2 aromatic heterocycles. The SMILES string of the molecule is COc1ccc2cc(C(=O)OCC(=O)NC(c3ccc(F)cc3)c3cccs3)[nH]c2c1. The molecular weight excluding hydrogens is 419 g/mol. The highest BCUT2D eigenvalue weighted by Crippen LogP contribution is 2.26. The summed E-state index contributed by atoms with van der Waals surface area (Å²) in [5.74, 6) is -0.799. The third-order valence-corrected chi connectivity index (χ3v) is 5.66. The first kappa shape index (κ1) is 20.6. The summed E-state index contributed by atoms with van der Waals surface area (Å²) in [6, 6.07) is 16.2. The highest BCUT2D eigenvalue weighted by molar-refractivity contribution is 7.10. The number of H-pyrrole nitrogens is 1. The predicted molar refractivity (Wildman–Crippen MR) is 116 cm³/mol. The standard InChI is InChI=1S/C23H19FN2O4S/c1-29-17-9-6-15-11-19(25-18(15)12-17)23(28)30-13-21(27)26-22(20-3-2-10-31-20)14-4-7-16(24)8-5-14/h2-12,22,25H,13H2,1H3,(H,26,27). The van der Waals surface area contributed by atoms with Crippen molar-refractivity contribution in [2.24, 2.45) is 0 Å². The van der Waals surface area contributed by atoms with Gasteiger partial charge in [0.15, 0.2) is 6.61 Å². The molecular formula is C23H19FN2O4S. The van der Waals surface area contributed by atoms with Crippen LogP contribution < -0.4 is 10.1 Å². The van der Waals surface area contributed by atoms with E-state index >= 15 is 0 Å². The van der Waals surface area contributed by atoms with Crippen LogP contribution in [0.15, 0.2) is 66.0 Å². The lowest BCUT2D eigenvalue weighted by Crippen LogP contribution is -2.32. The number of esters is 1. The number of hydrogen-bond acceptors (Lipinski definition) is 5. The van der Waals surface area contributed by atoms with Crippen LogP contribution in [0.25, 0.3) is 10.9 Å². The van der Waals surface area contributed by atoms with Gasteiger partial charge in [-0.2, -0.15) is 0 Å². The molecule has 1 atom stereocenters. The van der Waals surface area contributed by atoms with E-state index in [1.54, 1.807) is 37.4 Å². The quantitative estimate of drug-likeness (QED) is 0.418. The van der Waals surface area contributed by atoms with E-state index in [1.165, 1.54) is 23.5 Å². The maximum absolute atomic E-state index is 13.3. The highest BCUT2D eigenvalue weighted by atomic mass is 32.1. The molecule has 31 heavy (non-hydrogen) atoms. The summed E-state index contributed by atoms with van der Waals surface area (Å²) >= 11 is 1.47. The van der Waals surface area contributed by atoms with E-state index in [1.807, 2.05) is 23.6 Å². The second-order valence-corrected chi connectivity index (χ2v) is 7.76. The van der Waals surface area contributed by atoms with E-state index in [9.17, 15) is 14.0 Å². The first-order chi connectivity index (χ1) is 15.0. The number of aromatic amines is 1. The number of ether oxygens (including phenoxy) is 2. The largest absolute Gasteiger partial charge is 0.497 e. The monoisotopic (exact) mass is 438 g/mol. The van der Waals surface area contributed by atoms with Gasteiger partial charge in [-0.15, -0.1) is 11.3 Å². The zero-order valence-electron chi connectivity index (χ0n) is 16.6. The maximum Gasteiger partial charge on any atom is 0.355 e. The molecule has 158 valence electrons. The first-order valence-electron chi connectivity index (χ1n) is 9.45. The molecule has 4 aromatic rings. The molecule has 0 bridgehead atoms. The summed E-state index contributed by atoms with van der Waals surface area (Å²) in [6.07, 6.45) is 0. The number of fused-ring (bicyclic) bond motifs is 1. The number of benzene rings is 2. The van der Waals surface area contributed by atoms with Gasteiger partial charge >= 0.3 is 5.97 Å². The van der Waals surface area contributed by atoms with Crippen LogP contribution in [0.5, 0.6) is 5.75 Å². The third kappa shape index (κ3) is 4.75. The normalized spacial score (nSPS) is 11.8. The van der Waals surface area contributed by atoms with Crippen molar-refractivity contribution in [2.75, 3.05) is 13.7 Å². The Labute approximate surface area is 181 Å². The Kier molecular flexibility index (Phi) is 5.99. The minimum absolute atomic E-state index is 0.240. The Balaban J connectivity index is 1.42. The molecule has 8 heteroatoms. The summed E-state index contributed by atoms with van der Waals surface area (Å²) in [6.45, 7) is -0.444. The average Bonchev–Trinajstić information content (AvgIpc) is 3.46. The van der Waals surface area contributed by atoms with Gasteiger partial charge in [0.25, 0.3) is 5.91 Å². The fraction of sp³-hybridized carbons (Fsp3) is 0.130. The van der Waals surface area contributed by atoms with Crippen LogP contribution >= 0.6 is 11.3 Å². The van der Waals surface area contributed by atoms with Crippen molar-refractivity contribution in [1.82, 2.24) is 10.3 Å². The van der Waals surface area contributed by atoms with Gasteiger partial charge in [0, 0.05) is 21.8 Å². The molecule has 0 aliphatic carbocycles. The molecule has 6 nitrogen and oxygen atoms in total. The van der Waals surface area contributed by atoms with E-state index in [0.717, 1.165) is 21.3 Å². The van der Waals surface area contributed by atoms with E-state index in [-0.39, 0.29) is 11.5 Å². The number of halogens is 1. The molecule has 0 aliphatic heterocycles. The summed E-state index contributed by atoms with van der Waals surface area (Å²) in [4.78, 5) is 28.7. The minimum atomic E-state index is -0.639. The number of hydrogen-bond donors (Lipinski definition) is 2. The van der Waals surface area contributed by atoms with E-state index in [4.69, 9.17) is 9.47 Å². The number of amides is 1. The van der Waals surface area contributed by atoms with Gasteiger partial charge in [-0.3, -0.25) is 4.79 Å². The van der Waals surface area contributed by atoms with Gasteiger partial charge in [-0.1, -0.05) is 18.2 Å². The Morgan fingerprint density at radius 1 is 1.13 bits per heavy atom. The molecule has 0 fully saturated rings. The number of carbonyl (C=O) groups is 2. The summed E-state index contributed by atoms with van der Waals surface area (Å²) < 4.78 is 23.6. The maximum atomic E-state index is 13.3. The predicted octanol–water partition coefficient (Wildman–Crippen LogP) is 4.44. The second-order valence-electron chi connectivity index (χ2n) is 6.78. The van der Waals surface area contributed by atoms with Crippen LogP contribution in [0.1, 0.15) is 27.0 Å². The van der Waals surface area contributed by atoms with Crippen LogP contribution in [-0.4, -0.2) is 30.6 Å². The number of nitrogens with one attached hydrogen (secondary N) is 2. The lowest BCUT2D eigenvalue weighted by atomic mass is 10.1. The number of methoxy groups -OCH3 is 1. The van der Waals surface area contributed by atoms with Gasteiger partial charge in [-0.05, 0) is 47.3 Å². The molecule has 0 saturated heterocycles. The number of rotatable bonds is 7.